The molecule has 0 bridgehead atoms. The van der Waals surface area contributed by atoms with Crippen LogP contribution in [0.25, 0.3) is 10.8 Å². The van der Waals surface area contributed by atoms with Gasteiger partial charge in [-0.1, -0.05) is 42.5 Å². The van der Waals surface area contributed by atoms with Crippen LogP contribution < -0.4 is 0 Å². The maximum Gasteiger partial charge on any atom is 0.306 e. The van der Waals surface area contributed by atoms with Gasteiger partial charge in [0, 0.05) is 19.5 Å². The van der Waals surface area contributed by atoms with Crippen molar-refractivity contribution in [2.75, 3.05) is 13.6 Å². The Morgan fingerprint density at radius 1 is 1.08 bits per heavy atom. The molecule has 2 aromatic carbocycles. The van der Waals surface area contributed by atoms with Gasteiger partial charge < -0.3 is 10.0 Å². The summed E-state index contributed by atoms with van der Waals surface area (Å²) in [5.74, 6) is -1.18. The van der Waals surface area contributed by atoms with Gasteiger partial charge in [-0.25, -0.2) is 0 Å². The van der Waals surface area contributed by atoms with Crippen LogP contribution in [-0.2, 0) is 16.0 Å². The minimum atomic E-state index is -0.774. The second kappa shape index (κ2) is 7.04. The molecule has 0 spiro atoms. The summed E-state index contributed by atoms with van der Waals surface area (Å²) < 4.78 is 0. The van der Waals surface area contributed by atoms with Crippen LogP contribution in [0.2, 0.25) is 0 Å². The van der Waals surface area contributed by atoms with Gasteiger partial charge in [-0.2, -0.15) is 0 Å². The van der Waals surface area contributed by atoms with E-state index in [0.717, 1.165) is 6.42 Å². The van der Waals surface area contributed by atoms with E-state index in [1.807, 2.05) is 25.2 Å². The summed E-state index contributed by atoms with van der Waals surface area (Å²) >= 11 is 0. The normalized spacial score (nSPS) is 20.2. The van der Waals surface area contributed by atoms with Crippen molar-refractivity contribution in [2.24, 2.45) is 11.8 Å². The molecule has 0 radical (unpaired) electrons. The third kappa shape index (κ3) is 3.42. The quantitative estimate of drug-likeness (QED) is 0.917. The first-order chi connectivity index (χ1) is 11.6. The van der Waals surface area contributed by atoms with Crippen LogP contribution in [-0.4, -0.2) is 35.5 Å². The molecule has 0 aromatic heterocycles. The molecule has 0 unspecified atom stereocenters. The highest BCUT2D eigenvalue weighted by Crippen LogP contribution is 2.32. The van der Waals surface area contributed by atoms with Crippen molar-refractivity contribution in [3.8, 4) is 0 Å². The van der Waals surface area contributed by atoms with E-state index in [0.29, 0.717) is 25.8 Å². The van der Waals surface area contributed by atoms with Gasteiger partial charge in [0.15, 0.2) is 0 Å². The number of carboxylic acids is 1. The van der Waals surface area contributed by atoms with E-state index in [1.54, 1.807) is 4.90 Å². The van der Waals surface area contributed by atoms with Crippen LogP contribution in [0, 0.1) is 11.8 Å². The molecule has 1 saturated carbocycles. The zero-order valence-corrected chi connectivity index (χ0v) is 13.9. The molecular weight excluding hydrogens is 302 g/mol. The van der Waals surface area contributed by atoms with Crippen LogP contribution in [0.3, 0.4) is 0 Å². The number of hydrogen-bond donors (Lipinski definition) is 1. The fourth-order valence-corrected chi connectivity index (χ4v) is 3.65. The monoisotopic (exact) mass is 325 g/mol. The fourth-order valence-electron chi connectivity index (χ4n) is 3.65. The molecule has 1 N–H and O–H groups in total. The molecule has 1 aliphatic rings. The zero-order valence-electron chi connectivity index (χ0n) is 13.9. The molecule has 0 aliphatic heterocycles. The number of benzene rings is 2. The Labute approximate surface area is 142 Å². The molecule has 4 heteroatoms. The molecule has 1 aliphatic carbocycles. The van der Waals surface area contributed by atoms with E-state index in [-0.39, 0.29) is 17.7 Å². The van der Waals surface area contributed by atoms with Gasteiger partial charge in [0.1, 0.15) is 0 Å². The first kappa shape index (κ1) is 16.5. The highest BCUT2D eigenvalue weighted by Gasteiger charge is 2.34. The Balaban J connectivity index is 1.62. The first-order valence-corrected chi connectivity index (χ1v) is 8.50. The molecule has 2 atom stereocenters. The summed E-state index contributed by atoms with van der Waals surface area (Å²) in [6.07, 6.45) is 2.59. The van der Waals surface area contributed by atoms with E-state index in [4.69, 9.17) is 5.11 Å². The fraction of sp³-hybridized carbons (Fsp3) is 0.400. The molecule has 24 heavy (non-hydrogen) atoms. The van der Waals surface area contributed by atoms with E-state index < -0.39 is 5.97 Å². The number of fused-ring (bicyclic) bond motifs is 1. The number of aliphatic carboxylic acids is 1. The van der Waals surface area contributed by atoms with Crippen molar-refractivity contribution in [3.63, 3.8) is 0 Å². The SMILES string of the molecule is CN(CCc1cccc2ccccc12)C(=O)[C@@H]1CC[C@H](C(=O)O)C1. The number of carbonyl (C=O) groups excluding carboxylic acids is 1. The summed E-state index contributed by atoms with van der Waals surface area (Å²) in [4.78, 5) is 25.3. The molecule has 3 rings (SSSR count). The number of amides is 1. The number of carbonyl (C=O) groups is 2. The van der Waals surface area contributed by atoms with E-state index in [2.05, 4.69) is 24.3 Å². The Bertz CT molecular complexity index is 750. The van der Waals surface area contributed by atoms with Gasteiger partial charge in [0.05, 0.1) is 5.92 Å². The van der Waals surface area contributed by atoms with Crippen LogP contribution >= 0.6 is 0 Å². The molecule has 0 saturated heterocycles. The lowest BCUT2D eigenvalue weighted by molar-refractivity contribution is -0.141. The lowest BCUT2D eigenvalue weighted by Crippen LogP contribution is -2.33. The lowest BCUT2D eigenvalue weighted by atomic mass is 10.0. The first-order valence-electron chi connectivity index (χ1n) is 8.50. The Kier molecular flexibility index (Phi) is 4.84. The van der Waals surface area contributed by atoms with Gasteiger partial charge in [-0.15, -0.1) is 0 Å². The zero-order chi connectivity index (χ0) is 17.1. The molecule has 1 fully saturated rings. The number of rotatable bonds is 5. The average Bonchev–Trinajstić information content (AvgIpc) is 3.09. The van der Waals surface area contributed by atoms with E-state index >= 15 is 0 Å². The number of likely N-dealkylation sites (N-methyl/N-ethyl adjacent to an activating group) is 1. The summed E-state index contributed by atoms with van der Waals surface area (Å²) in [7, 11) is 1.82. The molecular formula is C20H23NO3. The van der Waals surface area contributed by atoms with Crippen molar-refractivity contribution in [1.82, 2.24) is 4.90 Å². The molecule has 0 heterocycles. The number of hydrogen-bond acceptors (Lipinski definition) is 2. The summed E-state index contributed by atoms with van der Waals surface area (Å²) in [5, 5.41) is 11.5. The Morgan fingerprint density at radius 3 is 2.54 bits per heavy atom. The minimum Gasteiger partial charge on any atom is -0.481 e. The summed E-state index contributed by atoms with van der Waals surface area (Å²) in [5.41, 5.74) is 1.24. The predicted molar refractivity (Wildman–Crippen MR) is 93.8 cm³/mol. The van der Waals surface area contributed by atoms with E-state index in [1.165, 1.54) is 16.3 Å². The van der Waals surface area contributed by atoms with Crippen molar-refractivity contribution in [2.45, 2.75) is 25.7 Å². The highest BCUT2D eigenvalue weighted by atomic mass is 16.4. The second-order valence-electron chi connectivity index (χ2n) is 6.69. The molecule has 4 nitrogen and oxygen atoms in total. The van der Waals surface area contributed by atoms with Gasteiger partial charge in [-0.05, 0) is 42.0 Å². The largest absolute Gasteiger partial charge is 0.481 e. The summed E-state index contributed by atoms with van der Waals surface area (Å²) in [6, 6.07) is 14.5. The Hall–Kier alpha value is -2.36. The highest BCUT2D eigenvalue weighted by molar-refractivity contribution is 5.86. The van der Waals surface area contributed by atoms with Crippen LogP contribution in [0.1, 0.15) is 24.8 Å². The minimum absolute atomic E-state index is 0.0824. The third-order valence-corrected chi connectivity index (χ3v) is 5.10. The molecule has 1 amide bonds. The van der Waals surface area contributed by atoms with Crippen LogP contribution in [0.4, 0.5) is 0 Å². The van der Waals surface area contributed by atoms with Gasteiger partial charge >= 0.3 is 5.97 Å². The average molecular weight is 325 g/mol. The predicted octanol–water partition coefficient (Wildman–Crippen LogP) is 3.34. The summed E-state index contributed by atoms with van der Waals surface area (Å²) in [6.45, 7) is 0.654. The Morgan fingerprint density at radius 2 is 1.79 bits per heavy atom. The van der Waals surface area contributed by atoms with Crippen LogP contribution in [0.15, 0.2) is 42.5 Å². The molecule has 126 valence electrons. The maximum atomic E-state index is 12.5. The number of carboxylic acid groups (broad SMARTS) is 1. The second-order valence-corrected chi connectivity index (χ2v) is 6.69. The maximum absolute atomic E-state index is 12.5. The van der Waals surface area contributed by atoms with Crippen molar-refractivity contribution < 1.29 is 14.7 Å². The van der Waals surface area contributed by atoms with Crippen molar-refractivity contribution in [3.05, 3.63) is 48.0 Å². The van der Waals surface area contributed by atoms with Gasteiger partial charge in [-0.3, -0.25) is 9.59 Å². The lowest BCUT2D eigenvalue weighted by Gasteiger charge is -2.21. The number of nitrogens with zero attached hydrogens (tertiary/aromatic N) is 1. The van der Waals surface area contributed by atoms with Crippen molar-refractivity contribution >= 4 is 22.6 Å². The van der Waals surface area contributed by atoms with Crippen LogP contribution in [0.5, 0.6) is 0 Å². The van der Waals surface area contributed by atoms with E-state index in [9.17, 15) is 9.59 Å². The van der Waals surface area contributed by atoms with Gasteiger partial charge in [0.2, 0.25) is 5.91 Å². The van der Waals surface area contributed by atoms with Crippen molar-refractivity contribution in [1.29, 1.82) is 0 Å². The topological polar surface area (TPSA) is 57.6 Å². The standard InChI is InChI=1S/C20H23NO3/c1-21(19(22)16-9-10-17(13-16)20(23)24)12-11-15-7-4-6-14-5-2-3-8-18(14)15/h2-8,16-17H,9-13H2,1H3,(H,23,24)/t16-,17+/m1/s1. The third-order valence-electron chi connectivity index (χ3n) is 5.10. The smallest absolute Gasteiger partial charge is 0.306 e. The van der Waals surface area contributed by atoms with Gasteiger partial charge in [0.25, 0.3) is 0 Å². The molecule has 2 aromatic rings.